The van der Waals surface area contributed by atoms with Gasteiger partial charge < -0.3 is 14.6 Å². The maximum atomic E-state index is 12.4. The van der Waals surface area contributed by atoms with Gasteiger partial charge in [-0.15, -0.1) is 0 Å². The van der Waals surface area contributed by atoms with Crippen LogP contribution in [0.1, 0.15) is 51.6 Å². The zero-order valence-electron chi connectivity index (χ0n) is 17.0. The molecule has 0 aromatic heterocycles. The van der Waals surface area contributed by atoms with Gasteiger partial charge in [0.25, 0.3) is 0 Å². The first-order valence-corrected chi connectivity index (χ1v) is 11.3. The second-order valence-electron chi connectivity index (χ2n) is 7.74. The lowest BCUT2D eigenvalue weighted by molar-refractivity contribution is -0.136. The average molecular weight is 439 g/mol. The first-order chi connectivity index (χ1) is 13.3. The van der Waals surface area contributed by atoms with Gasteiger partial charge in [-0.05, 0) is 44.9 Å². The Morgan fingerprint density at radius 2 is 1.97 bits per heavy atom. The van der Waals surface area contributed by atoms with Crippen molar-refractivity contribution in [3.8, 4) is 11.5 Å². The standard InChI is InChI=1S/C19H28F3NO5S/c1-5-10-23(29(4,25)26)16-14-12-13(27-11-6-9-19(20,21)22)7-8-15(14)28-18(2,3)17(16)24/h7-8,12,16-17,24H,5-6,9-11H2,1-4H3/t16-,17+/m1/s1. The van der Waals surface area contributed by atoms with Crippen molar-refractivity contribution in [1.82, 2.24) is 4.31 Å². The molecule has 166 valence electrons. The molecule has 0 spiro atoms. The molecule has 10 heteroatoms. The van der Waals surface area contributed by atoms with E-state index in [1.165, 1.54) is 10.4 Å². The van der Waals surface area contributed by atoms with Crippen LogP contribution in [-0.2, 0) is 10.0 Å². The largest absolute Gasteiger partial charge is 0.494 e. The normalized spacial score (nSPS) is 21.6. The first kappa shape index (κ1) is 23.8. The first-order valence-electron chi connectivity index (χ1n) is 9.43. The van der Waals surface area contributed by atoms with Crippen LogP contribution in [-0.4, -0.2) is 55.1 Å². The fourth-order valence-corrected chi connectivity index (χ4v) is 4.50. The fourth-order valence-electron chi connectivity index (χ4n) is 3.34. The molecule has 6 nitrogen and oxygen atoms in total. The number of hydrogen-bond acceptors (Lipinski definition) is 5. The van der Waals surface area contributed by atoms with E-state index in [2.05, 4.69) is 0 Å². The Balaban J connectivity index is 2.36. The van der Waals surface area contributed by atoms with Crippen molar-refractivity contribution in [3.63, 3.8) is 0 Å². The van der Waals surface area contributed by atoms with Gasteiger partial charge in [0.05, 0.1) is 18.9 Å². The number of halogens is 3. The van der Waals surface area contributed by atoms with Crippen LogP contribution in [0.3, 0.4) is 0 Å². The lowest BCUT2D eigenvalue weighted by atomic mass is 9.86. The van der Waals surface area contributed by atoms with Crippen molar-refractivity contribution in [2.24, 2.45) is 0 Å². The van der Waals surface area contributed by atoms with Crippen LogP contribution >= 0.6 is 0 Å². The molecule has 0 aliphatic carbocycles. The van der Waals surface area contributed by atoms with Crippen molar-refractivity contribution < 1.29 is 36.2 Å². The number of nitrogens with zero attached hydrogens (tertiary/aromatic N) is 1. The Bertz CT molecular complexity index is 811. The Labute approximate surface area is 169 Å². The van der Waals surface area contributed by atoms with Crippen LogP contribution < -0.4 is 9.47 Å². The summed E-state index contributed by atoms with van der Waals surface area (Å²) in [6.45, 7) is 5.23. The number of hydrogen-bond donors (Lipinski definition) is 1. The number of sulfonamides is 1. The van der Waals surface area contributed by atoms with E-state index in [-0.39, 0.29) is 25.3 Å². The quantitative estimate of drug-likeness (QED) is 0.626. The Morgan fingerprint density at radius 3 is 2.52 bits per heavy atom. The van der Waals surface area contributed by atoms with Crippen LogP contribution in [0.15, 0.2) is 18.2 Å². The zero-order valence-corrected chi connectivity index (χ0v) is 17.8. The van der Waals surface area contributed by atoms with Gasteiger partial charge in [0.1, 0.15) is 23.2 Å². The highest BCUT2D eigenvalue weighted by Crippen LogP contribution is 2.45. The van der Waals surface area contributed by atoms with E-state index < -0.39 is 40.4 Å². The smallest absolute Gasteiger partial charge is 0.389 e. The Kier molecular flexibility index (Phi) is 7.12. The molecule has 1 aromatic rings. The highest BCUT2D eigenvalue weighted by molar-refractivity contribution is 7.88. The molecule has 0 bridgehead atoms. The third-order valence-corrected chi connectivity index (χ3v) is 6.00. The molecule has 1 aromatic carbocycles. The minimum atomic E-state index is -4.25. The number of aliphatic hydroxyl groups excluding tert-OH is 1. The monoisotopic (exact) mass is 439 g/mol. The van der Waals surface area contributed by atoms with Gasteiger partial charge in [-0.3, -0.25) is 0 Å². The molecule has 0 saturated heterocycles. The van der Waals surface area contributed by atoms with Crippen LogP contribution in [0.5, 0.6) is 11.5 Å². The molecular weight excluding hydrogens is 411 g/mol. The molecule has 0 fully saturated rings. The minimum absolute atomic E-state index is 0.136. The van der Waals surface area contributed by atoms with Crippen molar-refractivity contribution in [3.05, 3.63) is 23.8 Å². The summed E-state index contributed by atoms with van der Waals surface area (Å²) in [5, 5.41) is 10.9. The van der Waals surface area contributed by atoms with Crippen molar-refractivity contribution in [2.75, 3.05) is 19.4 Å². The van der Waals surface area contributed by atoms with Gasteiger partial charge in [0.2, 0.25) is 10.0 Å². The number of alkyl halides is 3. The zero-order chi connectivity index (χ0) is 22.0. The van der Waals surface area contributed by atoms with Crippen LogP contribution in [0.4, 0.5) is 13.2 Å². The number of fused-ring (bicyclic) bond motifs is 1. The van der Waals surface area contributed by atoms with Gasteiger partial charge in [-0.2, -0.15) is 17.5 Å². The van der Waals surface area contributed by atoms with Gasteiger partial charge in [0.15, 0.2) is 0 Å². The average Bonchev–Trinajstić information content (AvgIpc) is 2.57. The molecule has 2 atom stereocenters. The SMILES string of the molecule is CCCN([C@@H]1c2cc(OCCCC(F)(F)F)ccc2OC(C)(C)[C@H]1O)S(C)(=O)=O. The summed E-state index contributed by atoms with van der Waals surface area (Å²) in [4.78, 5) is 0. The highest BCUT2D eigenvalue weighted by atomic mass is 32.2. The summed E-state index contributed by atoms with van der Waals surface area (Å²) in [7, 11) is -3.65. The predicted octanol–water partition coefficient (Wildman–Crippen LogP) is 3.65. The maximum absolute atomic E-state index is 12.4. The predicted molar refractivity (Wildman–Crippen MR) is 103 cm³/mol. The molecule has 1 heterocycles. The van der Waals surface area contributed by atoms with E-state index in [1.807, 2.05) is 6.92 Å². The Hall–Kier alpha value is -1.52. The second-order valence-corrected chi connectivity index (χ2v) is 9.67. The molecule has 1 aliphatic heterocycles. The van der Waals surface area contributed by atoms with E-state index in [4.69, 9.17) is 9.47 Å². The summed E-state index contributed by atoms with van der Waals surface area (Å²) in [6.07, 6.45) is -4.92. The van der Waals surface area contributed by atoms with Crippen LogP contribution in [0.25, 0.3) is 0 Å². The number of rotatable bonds is 8. The molecule has 0 amide bonds. The maximum Gasteiger partial charge on any atom is 0.389 e. The van der Waals surface area contributed by atoms with Crippen molar-refractivity contribution in [2.45, 2.75) is 64.0 Å². The summed E-state index contributed by atoms with van der Waals surface area (Å²) in [5.41, 5.74) is -0.618. The third kappa shape index (κ3) is 5.99. The topological polar surface area (TPSA) is 76.1 Å². The molecule has 1 aliphatic rings. The minimum Gasteiger partial charge on any atom is -0.494 e. The van der Waals surface area contributed by atoms with E-state index in [9.17, 15) is 26.7 Å². The number of aliphatic hydroxyl groups is 1. The molecule has 2 rings (SSSR count). The molecule has 0 unspecified atom stereocenters. The van der Waals surface area contributed by atoms with E-state index >= 15 is 0 Å². The van der Waals surface area contributed by atoms with Crippen LogP contribution in [0, 0.1) is 0 Å². The third-order valence-electron chi connectivity index (χ3n) is 4.74. The molecule has 29 heavy (non-hydrogen) atoms. The summed E-state index contributed by atoms with van der Waals surface area (Å²) in [6, 6.07) is 3.77. The van der Waals surface area contributed by atoms with E-state index in [1.54, 1.807) is 26.0 Å². The van der Waals surface area contributed by atoms with E-state index in [0.717, 1.165) is 6.26 Å². The summed E-state index contributed by atoms with van der Waals surface area (Å²) in [5.74, 6) is 0.689. The number of ether oxygens (including phenoxy) is 2. The lowest BCUT2D eigenvalue weighted by Crippen LogP contribution is -2.54. The fraction of sp³-hybridized carbons (Fsp3) is 0.684. The van der Waals surface area contributed by atoms with Gasteiger partial charge in [-0.25, -0.2) is 8.42 Å². The Morgan fingerprint density at radius 1 is 1.31 bits per heavy atom. The van der Waals surface area contributed by atoms with Gasteiger partial charge in [-0.1, -0.05) is 6.92 Å². The molecule has 0 radical (unpaired) electrons. The lowest BCUT2D eigenvalue weighted by Gasteiger charge is -2.45. The van der Waals surface area contributed by atoms with Crippen LogP contribution in [0.2, 0.25) is 0 Å². The molecular formula is C19H28F3NO5S. The van der Waals surface area contributed by atoms with E-state index in [0.29, 0.717) is 17.7 Å². The molecule has 1 N–H and O–H groups in total. The summed E-state index contributed by atoms with van der Waals surface area (Å²) < 4.78 is 74.2. The van der Waals surface area contributed by atoms with Crippen molar-refractivity contribution >= 4 is 10.0 Å². The highest BCUT2D eigenvalue weighted by Gasteiger charge is 2.47. The van der Waals surface area contributed by atoms with Gasteiger partial charge in [0, 0.05) is 18.5 Å². The van der Waals surface area contributed by atoms with Gasteiger partial charge >= 0.3 is 6.18 Å². The number of benzene rings is 1. The second kappa shape index (κ2) is 8.69. The molecule has 0 saturated carbocycles. The van der Waals surface area contributed by atoms with Crippen molar-refractivity contribution in [1.29, 1.82) is 0 Å². The summed E-state index contributed by atoms with van der Waals surface area (Å²) >= 11 is 0.